The van der Waals surface area contributed by atoms with Crippen LogP contribution in [0.1, 0.15) is 43.0 Å². The number of ether oxygens (including phenoxy) is 2. The van der Waals surface area contributed by atoms with Gasteiger partial charge in [0.2, 0.25) is 0 Å². The Morgan fingerprint density at radius 1 is 1.03 bits per heavy atom. The molecule has 158 valence electrons. The maximum absolute atomic E-state index is 12.5. The van der Waals surface area contributed by atoms with E-state index in [2.05, 4.69) is 0 Å². The van der Waals surface area contributed by atoms with E-state index in [-0.39, 0.29) is 41.9 Å². The van der Waals surface area contributed by atoms with Crippen molar-refractivity contribution in [3.63, 3.8) is 0 Å². The summed E-state index contributed by atoms with van der Waals surface area (Å²) in [5, 5.41) is 0. The van der Waals surface area contributed by atoms with Crippen LogP contribution in [0.15, 0.2) is 24.3 Å². The Morgan fingerprint density at radius 2 is 1.72 bits per heavy atom. The molecular weight excluding hydrogens is 398 g/mol. The summed E-state index contributed by atoms with van der Waals surface area (Å²) in [7, 11) is -3.10. The molecule has 9 heteroatoms. The van der Waals surface area contributed by atoms with Crippen molar-refractivity contribution in [2.24, 2.45) is 0 Å². The number of nitrogens with zero attached hydrogens (tertiary/aromatic N) is 1. The lowest BCUT2D eigenvalue weighted by Crippen LogP contribution is -2.45. The van der Waals surface area contributed by atoms with Crippen molar-refractivity contribution < 1.29 is 32.3 Å². The van der Waals surface area contributed by atoms with Crippen molar-refractivity contribution in [3.05, 3.63) is 29.8 Å². The normalized spacial score (nSPS) is 20.1. The quantitative estimate of drug-likeness (QED) is 0.436. The second kappa shape index (κ2) is 8.94. The summed E-state index contributed by atoms with van der Waals surface area (Å²) in [5.74, 6) is -0.568. The van der Waals surface area contributed by atoms with E-state index in [9.17, 15) is 22.8 Å². The van der Waals surface area contributed by atoms with Crippen LogP contribution >= 0.6 is 0 Å². The van der Waals surface area contributed by atoms with Gasteiger partial charge in [0.15, 0.2) is 28.8 Å². The molecule has 1 aromatic rings. The number of esters is 1. The maximum Gasteiger partial charge on any atom is 0.344 e. The number of hydrogen-bond acceptors (Lipinski definition) is 7. The Balaban J connectivity index is 1.46. The van der Waals surface area contributed by atoms with E-state index in [0.29, 0.717) is 24.2 Å². The first-order valence-corrected chi connectivity index (χ1v) is 11.5. The molecule has 8 nitrogen and oxygen atoms in total. The summed E-state index contributed by atoms with van der Waals surface area (Å²) in [5.41, 5.74) is 0.571. The molecule has 1 saturated heterocycles. The minimum Gasteiger partial charge on any atom is -0.482 e. The zero-order valence-corrected chi connectivity index (χ0v) is 17.2. The highest BCUT2D eigenvalue weighted by atomic mass is 32.2. The lowest BCUT2D eigenvalue weighted by Gasteiger charge is -2.28. The predicted molar refractivity (Wildman–Crippen MR) is 104 cm³/mol. The summed E-state index contributed by atoms with van der Waals surface area (Å²) in [6, 6.07) is 6.14. The number of Topliss-reactive ketones (excluding diaryl/α,β-unsaturated/α-hetero) is 1. The van der Waals surface area contributed by atoms with Gasteiger partial charge in [0.05, 0.1) is 11.5 Å². The number of carbonyl (C=O) groups is 3. The van der Waals surface area contributed by atoms with Crippen molar-refractivity contribution in [1.82, 2.24) is 4.90 Å². The van der Waals surface area contributed by atoms with Crippen LogP contribution in [0.4, 0.5) is 0 Å². The van der Waals surface area contributed by atoms with Crippen molar-refractivity contribution in [2.45, 2.75) is 44.7 Å². The predicted octanol–water partition coefficient (Wildman–Crippen LogP) is 1.38. The minimum absolute atomic E-state index is 0.0183. The van der Waals surface area contributed by atoms with Gasteiger partial charge in [-0.15, -0.1) is 0 Å². The molecule has 1 atom stereocenters. The number of sulfone groups is 1. The number of ketones is 1. The smallest absolute Gasteiger partial charge is 0.344 e. The molecule has 2 aliphatic rings. The molecule has 1 amide bonds. The van der Waals surface area contributed by atoms with E-state index < -0.39 is 22.4 Å². The van der Waals surface area contributed by atoms with Crippen LogP contribution in [-0.4, -0.2) is 67.8 Å². The average Bonchev–Trinajstić information content (AvgIpc) is 3.47. The molecule has 0 spiro atoms. The van der Waals surface area contributed by atoms with E-state index in [1.165, 1.54) is 0 Å². The molecule has 1 aromatic carbocycles. The van der Waals surface area contributed by atoms with Gasteiger partial charge in [0.25, 0.3) is 5.91 Å². The summed E-state index contributed by atoms with van der Waals surface area (Å²) >= 11 is 0. The molecule has 29 heavy (non-hydrogen) atoms. The highest BCUT2D eigenvalue weighted by Gasteiger charge is 2.42. The summed E-state index contributed by atoms with van der Waals surface area (Å²) in [4.78, 5) is 37.6. The van der Waals surface area contributed by atoms with Crippen LogP contribution in [-0.2, 0) is 24.2 Å². The first-order valence-electron chi connectivity index (χ1n) is 9.72. The van der Waals surface area contributed by atoms with Crippen molar-refractivity contribution in [2.75, 3.05) is 24.7 Å². The number of carbonyl (C=O) groups excluding carboxylic acids is 3. The van der Waals surface area contributed by atoms with E-state index in [0.717, 1.165) is 12.8 Å². The molecule has 1 aliphatic carbocycles. The molecular formula is C20H25NO7S. The first kappa shape index (κ1) is 21.3. The van der Waals surface area contributed by atoms with Gasteiger partial charge in [-0.2, -0.15) is 0 Å². The topological polar surface area (TPSA) is 107 Å². The van der Waals surface area contributed by atoms with E-state index >= 15 is 0 Å². The molecule has 1 aliphatic heterocycles. The summed E-state index contributed by atoms with van der Waals surface area (Å²) in [6.45, 7) is 0.981. The zero-order valence-electron chi connectivity index (χ0n) is 16.3. The molecule has 0 unspecified atom stereocenters. The molecule has 1 saturated carbocycles. The van der Waals surface area contributed by atoms with Crippen LogP contribution < -0.4 is 4.74 Å². The van der Waals surface area contributed by atoms with Crippen LogP contribution in [0.3, 0.4) is 0 Å². The van der Waals surface area contributed by atoms with Crippen LogP contribution in [0.25, 0.3) is 0 Å². The van der Waals surface area contributed by atoms with Gasteiger partial charge >= 0.3 is 5.97 Å². The fourth-order valence-electron chi connectivity index (χ4n) is 3.39. The lowest BCUT2D eigenvalue weighted by molar-refractivity contribution is -0.154. The number of rotatable bonds is 9. The second-order valence-electron chi connectivity index (χ2n) is 7.34. The third-order valence-electron chi connectivity index (χ3n) is 5.04. The van der Waals surface area contributed by atoms with Gasteiger partial charge in [-0.25, -0.2) is 13.2 Å². The summed E-state index contributed by atoms with van der Waals surface area (Å²) in [6.07, 6.45) is 2.52. The number of benzene rings is 1. The lowest BCUT2D eigenvalue weighted by atomic mass is 10.1. The summed E-state index contributed by atoms with van der Waals surface area (Å²) < 4.78 is 33.8. The molecule has 2 fully saturated rings. The monoisotopic (exact) mass is 423 g/mol. The molecule has 0 aromatic heterocycles. The van der Waals surface area contributed by atoms with Crippen LogP contribution in [0.2, 0.25) is 0 Å². The Hall–Kier alpha value is -2.42. The maximum atomic E-state index is 12.5. The Bertz CT molecular complexity index is 875. The molecule has 0 N–H and O–H groups in total. The molecule has 0 bridgehead atoms. The van der Waals surface area contributed by atoms with E-state index in [4.69, 9.17) is 9.47 Å². The molecule has 3 rings (SSSR count). The third kappa shape index (κ3) is 5.79. The highest BCUT2D eigenvalue weighted by Crippen LogP contribution is 2.32. The molecule has 1 heterocycles. The van der Waals surface area contributed by atoms with Gasteiger partial charge in [0, 0.05) is 24.1 Å². The van der Waals surface area contributed by atoms with E-state index in [1.807, 2.05) is 0 Å². The fraction of sp³-hybridized carbons (Fsp3) is 0.550. The van der Waals surface area contributed by atoms with Crippen molar-refractivity contribution in [1.29, 1.82) is 0 Å². The Labute approximate surface area is 170 Å². The minimum atomic E-state index is -3.10. The standard InChI is InChI=1S/C20H25NO7S/c1-2-18(22)14-3-7-17(8-4-14)27-12-20(24)28-11-19(23)21(15-5-6-15)16-9-10-29(25,26)13-16/h3-4,7-8,15-16H,2,5-6,9-13H2,1H3/t16-/m0/s1. The molecule has 0 radical (unpaired) electrons. The van der Waals surface area contributed by atoms with Gasteiger partial charge in [-0.05, 0) is 43.5 Å². The van der Waals surface area contributed by atoms with Gasteiger partial charge < -0.3 is 14.4 Å². The number of hydrogen-bond donors (Lipinski definition) is 0. The van der Waals surface area contributed by atoms with Gasteiger partial charge in [-0.1, -0.05) is 6.92 Å². The van der Waals surface area contributed by atoms with Crippen LogP contribution in [0, 0.1) is 0 Å². The van der Waals surface area contributed by atoms with Gasteiger partial charge in [0.1, 0.15) is 5.75 Å². The first-order chi connectivity index (χ1) is 13.8. The largest absolute Gasteiger partial charge is 0.482 e. The van der Waals surface area contributed by atoms with Crippen molar-refractivity contribution >= 4 is 27.5 Å². The van der Waals surface area contributed by atoms with Gasteiger partial charge in [-0.3, -0.25) is 9.59 Å². The average molecular weight is 423 g/mol. The van der Waals surface area contributed by atoms with E-state index in [1.54, 1.807) is 36.1 Å². The Kier molecular flexibility index (Phi) is 6.56. The number of amides is 1. The Morgan fingerprint density at radius 3 is 2.28 bits per heavy atom. The van der Waals surface area contributed by atoms with Crippen LogP contribution in [0.5, 0.6) is 5.75 Å². The second-order valence-corrected chi connectivity index (χ2v) is 9.57. The fourth-order valence-corrected chi connectivity index (χ4v) is 5.11. The zero-order chi connectivity index (χ0) is 21.0. The highest BCUT2D eigenvalue weighted by molar-refractivity contribution is 7.91. The van der Waals surface area contributed by atoms with Crippen molar-refractivity contribution in [3.8, 4) is 5.75 Å². The third-order valence-corrected chi connectivity index (χ3v) is 6.79. The SMILES string of the molecule is CCC(=O)c1ccc(OCC(=O)OCC(=O)N(C2CC2)[C@H]2CCS(=O)(=O)C2)cc1.